The Labute approximate surface area is 181 Å². The van der Waals surface area contributed by atoms with Gasteiger partial charge in [0.15, 0.2) is 0 Å². The lowest BCUT2D eigenvalue weighted by Crippen LogP contribution is -2.31. The van der Waals surface area contributed by atoms with Gasteiger partial charge in [-0.05, 0) is 43.7 Å². The largest absolute Gasteiger partial charge is 0.272 e. The van der Waals surface area contributed by atoms with Gasteiger partial charge in [0.05, 0.1) is 45.4 Å². The number of carbonyl (C=O) groups excluding carboxylic acids is 3. The average molecular weight is 454 g/mol. The smallest absolute Gasteiger partial charge is 0.266 e. The van der Waals surface area contributed by atoms with Gasteiger partial charge < -0.3 is 0 Å². The van der Waals surface area contributed by atoms with E-state index >= 15 is 0 Å². The highest BCUT2D eigenvalue weighted by molar-refractivity contribution is 6.44. The summed E-state index contributed by atoms with van der Waals surface area (Å²) in [4.78, 5) is 44.3. The first-order valence-electron chi connectivity index (χ1n) is 8.71. The number of amides is 3. The Morgan fingerprint density at radius 2 is 1.52 bits per heavy atom. The molecule has 150 valence electrons. The van der Waals surface area contributed by atoms with Crippen LogP contribution in [-0.2, 0) is 16.2 Å². The van der Waals surface area contributed by atoms with Crippen LogP contribution in [0.3, 0.4) is 0 Å². The summed E-state index contributed by atoms with van der Waals surface area (Å²) >= 11 is 18.3. The van der Waals surface area contributed by atoms with Crippen molar-refractivity contribution < 1.29 is 19.2 Å². The Balaban J connectivity index is 1.61. The molecule has 0 spiro atoms. The number of hydrogen-bond acceptors (Lipinski definition) is 4. The van der Waals surface area contributed by atoms with Crippen LogP contribution in [0.5, 0.6) is 0 Å². The van der Waals surface area contributed by atoms with E-state index in [0.717, 1.165) is 4.90 Å². The first kappa shape index (κ1) is 20.2. The van der Waals surface area contributed by atoms with Crippen molar-refractivity contribution in [2.75, 3.05) is 11.5 Å². The van der Waals surface area contributed by atoms with E-state index in [1.165, 1.54) is 23.3 Å². The van der Waals surface area contributed by atoms with E-state index < -0.39 is 17.2 Å². The maximum atomic E-state index is 12.7. The van der Waals surface area contributed by atoms with Crippen LogP contribution in [0.2, 0.25) is 15.1 Å². The summed E-state index contributed by atoms with van der Waals surface area (Å²) in [6.07, 6.45) is 0. The van der Waals surface area contributed by atoms with Crippen molar-refractivity contribution in [2.45, 2.75) is 20.4 Å². The molecule has 2 heterocycles. The zero-order chi connectivity index (χ0) is 21.1. The molecule has 2 aromatic rings. The lowest BCUT2D eigenvalue weighted by atomic mass is 9.95. The van der Waals surface area contributed by atoms with Gasteiger partial charge in [0, 0.05) is 5.02 Å². The fourth-order valence-corrected chi connectivity index (χ4v) is 3.80. The molecular formula is C20H15Cl3N2O4. The van der Waals surface area contributed by atoms with Gasteiger partial charge in [-0.3, -0.25) is 19.2 Å². The van der Waals surface area contributed by atoms with Gasteiger partial charge in [0.2, 0.25) is 0 Å². The van der Waals surface area contributed by atoms with Crippen LogP contribution in [0, 0.1) is 5.41 Å². The van der Waals surface area contributed by atoms with Crippen molar-refractivity contribution in [3.8, 4) is 0 Å². The lowest BCUT2D eigenvalue weighted by Gasteiger charge is -2.19. The molecule has 0 aromatic heterocycles. The second kappa shape index (κ2) is 6.99. The number of rotatable bonds is 3. The number of anilines is 1. The van der Waals surface area contributed by atoms with Gasteiger partial charge in [-0.15, -0.1) is 0 Å². The molecule has 0 radical (unpaired) electrons. The van der Waals surface area contributed by atoms with E-state index in [4.69, 9.17) is 39.6 Å². The number of imide groups is 1. The molecule has 4 rings (SSSR count). The molecule has 9 heteroatoms. The molecular weight excluding hydrogens is 439 g/mol. The van der Waals surface area contributed by atoms with Crippen LogP contribution >= 0.6 is 34.8 Å². The van der Waals surface area contributed by atoms with E-state index in [-0.39, 0.29) is 33.6 Å². The zero-order valence-corrected chi connectivity index (χ0v) is 17.7. The predicted octanol–water partition coefficient (Wildman–Crippen LogP) is 4.75. The number of benzene rings is 2. The Bertz CT molecular complexity index is 1040. The number of carbonyl (C=O) groups is 3. The molecule has 1 fully saturated rings. The SMILES string of the molecule is CC1(C)CON(Cc2ccc(N3C(=O)c4cc(Cl)c(Cl)cc4C3=O)cc2Cl)C1=O. The zero-order valence-electron chi connectivity index (χ0n) is 15.5. The second-order valence-electron chi connectivity index (χ2n) is 7.53. The van der Waals surface area contributed by atoms with Crippen LogP contribution in [0.15, 0.2) is 30.3 Å². The fourth-order valence-electron chi connectivity index (χ4n) is 3.24. The summed E-state index contributed by atoms with van der Waals surface area (Å²) in [5.74, 6) is -1.15. The van der Waals surface area contributed by atoms with Gasteiger partial charge in [-0.1, -0.05) is 40.9 Å². The first-order chi connectivity index (χ1) is 13.6. The fraction of sp³-hybridized carbons (Fsp3) is 0.250. The van der Waals surface area contributed by atoms with Crippen molar-refractivity contribution in [3.63, 3.8) is 0 Å². The molecule has 0 bridgehead atoms. The Morgan fingerprint density at radius 1 is 0.931 bits per heavy atom. The first-order valence-corrected chi connectivity index (χ1v) is 9.84. The maximum absolute atomic E-state index is 12.7. The third-order valence-corrected chi connectivity index (χ3v) is 6.00. The van der Waals surface area contributed by atoms with E-state index in [0.29, 0.717) is 22.9 Å². The van der Waals surface area contributed by atoms with Crippen LogP contribution in [0.1, 0.15) is 40.1 Å². The summed E-state index contributed by atoms with van der Waals surface area (Å²) in [6, 6.07) is 7.52. The molecule has 2 aliphatic heterocycles. The summed E-state index contributed by atoms with van der Waals surface area (Å²) in [5.41, 5.74) is 0.718. The van der Waals surface area contributed by atoms with E-state index in [9.17, 15) is 14.4 Å². The van der Waals surface area contributed by atoms with Crippen LogP contribution in [0.25, 0.3) is 0 Å². The molecule has 0 unspecified atom stereocenters. The third kappa shape index (κ3) is 3.30. The highest BCUT2D eigenvalue weighted by atomic mass is 35.5. The van der Waals surface area contributed by atoms with Crippen LogP contribution in [-0.4, -0.2) is 29.4 Å². The molecule has 0 aliphatic carbocycles. The highest BCUT2D eigenvalue weighted by Crippen LogP contribution is 2.36. The van der Waals surface area contributed by atoms with Gasteiger partial charge in [-0.25, -0.2) is 9.96 Å². The quantitative estimate of drug-likeness (QED) is 0.629. The Morgan fingerprint density at radius 3 is 2.00 bits per heavy atom. The molecule has 29 heavy (non-hydrogen) atoms. The van der Waals surface area contributed by atoms with Gasteiger partial charge >= 0.3 is 0 Å². The number of hydrogen-bond donors (Lipinski definition) is 0. The lowest BCUT2D eigenvalue weighted by molar-refractivity contribution is -0.165. The molecule has 0 atom stereocenters. The number of fused-ring (bicyclic) bond motifs is 1. The Hall–Kier alpha value is -2.12. The summed E-state index contributed by atoms with van der Waals surface area (Å²) in [6.45, 7) is 4.07. The van der Waals surface area contributed by atoms with Crippen LogP contribution in [0.4, 0.5) is 5.69 Å². The van der Waals surface area contributed by atoms with Gasteiger partial charge in [0.25, 0.3) is 17.7 Å². The van der Waals surface area contributed by atoms with Gasteiger partial charge in [0.1, 0.15) is 0 Å². The van der Waals surface area contributed by atoms with Crippen molar-refractivity contribution >= 4 is 58.2 Å². The third-order valence-electron chi connectivity index (χ3n) is 4.92. The monoisotopic (exact) mass is 452 g/mol. The topological polar surface area (TPSA) is 66.9 Å². The highest BCUT2D eigenvalue weighted by Gasteiger charge is 2.41. The standard InChI is InChI=1S/C20H15Cl3N2O4/c1-20(2)9-29-24(19(20)28)8-10-3-4-11(5-14(10)21)25-17(26)12-6-15(22)16(23)7-13(12)18(25)27/h3-7H,8-9H2,1-2H3. The van der Waals surface area contributed by atoms with Crippen molar-refractivity contribution in [3.05, 3.63) is 62.1 Å². The van der Waals surface area contributed by atoms with Gasteiger partial charge in [-0.2, -0.15) is 0 Å². The molecule has 1 saturated heterocycles. The average Bonchev–Trinajstić information content (AvgIpc) is 3.05. The molecule has 0 N–H and O–H groups in total. The van der Waals surface area contributed by atoms with E-state index in [2.05, 4.69) is 0 Å². The van der Waals surface area contributed by atoms with Crippen molar-refractivity contribution in [1.29, 1.82) is 0 Å². The van der Waals surface area contributed by atoms with E-state index in [1.54, 1.807) is 26.0 Å². The number of nitrogens with zero attached hydrogens (tertiary/aromatic N) is 2. The molecule has 6 nitrogen and oxygen atoms in total. The van der Waals surface area contributed by atoms with Crippen molar-refractivity contribution in [1.82, 2.24) is 5.06 Å². The van der Waals surface area contributed by atoms with Crippen molar-refractivity contribution in [2.24, 2.45) is 5.41 Å². The number of halogens is 3. The molecule has 2 aromatic carbocycles. The van der Waals surface area contributed by atoms with Crippen LogP contribution < -0.4 is 4.90 Å². The minimum absolute atomic E-state index is 0.133. The van der Waals surface area contributed by atoms with E-state index in [1.807, 2.05) is 0 Å². The maximum Gasteiger partial charge on any atom is 0.266 e. The summed E-state index contributed by atoms with van der Waals surface area (Å²) in [7, 11) is 0. The molecule has 3 amide bonds. The predicted molar refractivity (Wildman–Crippen MR) is 109 cm³/mol. The Kier molecular flexibility index (Phi) is 4.86. The minimum Gasteiger partial charge on any atom is -0.272 e. The molecule has 0 saturated carbocycles. The number of hydroxylamine groups is 2. The summed E-state index contributed by atoms with van der Waals surface area (Å²) < 4.78 is 0. The second-order valence-corrected chi connectivity index (χ2v) is 8.75. The molecule has 2 aliphatic rings. The normalized spacial score (nSPS) is 18.0. The summed E-state index contributed by atoms with van der Waals surface area (Å²) in [5, 5.41) is 1.96. The minimum atomic E-state index is -0.588.